The third-order valence-electron chi connectivity index (χ3n) is 3.06. The van der Waals surface area contributed by atoms with Crippen LogP contribution in [0.5, 0.6) is 0 Å². The molecule has 1 aromatic heterocycles. The third kappa shape index (κ3) is 3.94. The maximum Gasteiger partial charge on any atom is 0.244 e. The Morgan fingerprint density at radius 1 is 1.35 bits per heavy atom. The molecule has 0 atom stereocenters. The number of hydrogen-bond donors (Lipinski definition) is 0. The zero-order chi connectivity index (χ0) is 14.4. The number of pyridine rings is 1. The number of rotatable bonds is 6. The second-order valence-corrected chi connectivity index (χ2v) is 7.60. The van der Waals surface area contributed by atoms with Crippen molar-refractivity contribution < 1.29 is 13.2 Å². The van der Waals surface area contributed by atoms with Crippen molar-refractivity contribution in [3.8, 4) is 0 Å². The van der Waals surface area contributed by atoms with Crippen molar-refractivity contribution in [2.45, 2.75) is 29.7 Å². The Labute approximate surface area is 124 Å². The maximum absolute atomic E-state index is 12.4. The zero-order valence-corrected chi connectivity index (χ0v) is 13.3. The van der Waals surface area contributed by atoms with Gasteiger partial charge in [-0.25, -0.2) is 13.4 Å². The highest BCUT2D eigenvalue weighted by atomic mass is 32.2. The van der Waals surface area contributed by atoms with E-state index in [-0.39, 0.29) is 4.90 Å². The molecule has 1 aliphatic rings. The summed E-state index contributed by atoms with van der Waals surface area (Å²) < 4.78 is 31.4. The summed E-state index contributed by atoms with van der Waals surface area (Å²) >= 11 is 1.66. The first kappa shape index (κ1) is 15.8. The Kier molecular flexibility index (Phi) is 5.83. The van der Waals surface area contributed by atoms with E-state index in [9.17, 15) is 8.42 Å². The minimum Gasteiger partial charge on any atom is -0.379 e. The topological polar surface area (TPSA) is 59.5 Å². The molecule has 1 aromatic rings. The highest BCUT2D eigenvalue weighted by Crippen LogP contribution is 2.21. The lowest BCUT2D eigenvalue weighted by Crippen LogP contribution is -2.40. The summed E-state index contributed by atoms with van der Waals surface area (Å²) in [6, 6.07) is 3.43. The van der Waals surface area contributed by atoms with E-state index in [1.807, 2.05) is 0 Å². The Bertz CT molecular complexity index is 511. The second kappa shape index (κ2) is 7.40. The Morgan fingerprint density at radius 3 is 2.70 bits per heavy atom. The van der Waals surface area contributed by atoms with Crippen molar-refractivity contribution in [1.29, 1.82) is 0 Å². The molecule has 5 nitrogen and oxygen atoms in total. The fraction of sp³-hybridized carbons (Fsp3) is 0.615. The van der Waals surface area contributed by atoms with Crippen LogP contribution in [-0.2, 0) is 14.8 Å². The first-order valence-electron chi connectivity index (χ1n) is 6.81. The summed E-state index contributed by atoms with van der Waals surface area (Å²) in [6.07, 6.45) is 3.75. The van der Waals surface area contributed by atoms with E-state index in [1.165, 1.54) is 10.5 Å². The van der Waals surface area contributed by atoms with Gasteiger partial charge < -0.3 is 4.74 Å². The van der Waals surface area contributed by atoms with Gasteiger partial charge >= 0.3 is 0 Å². The highest BCUT2D eigenvalue weighted by molar-refractivity contribution is 7.99. The van der Waals surface area contributed by atoms with E-state index >= 15 is 0 Å². The number of morpholine rings is 1. The molecule has 1 fully saturated rings. The van der Waals surface area contributed by atoms with Crippen molar-refractivity contribution in [1.82, 2.24) is 9.29 Å². The van der Waals surface area contributed by atoms with Gasteiger partial charge in [0, 0.05) is 19.3 Å². The number of thioether (sulfide) groups is 1. The molecule has 0 aliphatic carbocycles. The van der Waals surface area contributed by atoms with Crippen LogP contribution in [0, 0.1) is 0 Å². The van der Waals surface area contributed by atoms with Crippen LogP contribution in [0.25, 0.3) is 0 Å². The van der Waals surface area contributed by atoms with E-state index in [2.05, 4.69) is 11.9 Å². The van der Waals surface area contributed by atoms with Crippen molar-refractivity contribution in [3.05, 3.63) is 18.3 Å². The summed E-state index contributed by atoms with van der Waals surface area (Å²) in [6.45, 7) is 3.88. The lowest BCUT2D eigenvalue weighted by molar-refractivity contribution is 0.0730. The predicted molar refractivity (Wildman–Crippen MR) is 79.4 cm³/mol. The lowest BCUT2D eigenvalue weighted by Gasteiger charge is -2.25. The minimum atomic E-state index is -3.42. The zero-order valence-electron chi connectivity index (χ0n) is 11.6. The molecular weight excluding hydrogens is 296 g/mol. The fourth-order valence-corrected chi connectivity index (χ4v) is 4.15. The quantitative estimate of drug-likeness (QED) is 0.593. The Morgan fingerprint density at radius 2 is 2.10 bits per heavy atom. The smallest absolute Gasteiger partial charge is 0.244 e. The van der Waals surface area contributed by atoms with Crippen LogP contribution in [-0.4, -0.2) is 49.8 Å². The molecular formula is C13H20N2O3S2. The Balaban J connectivity index is 2.04. The number of hydrogen-bond acceptors (Lipinski definition) is 5. The molecule has 0 unspecified atom stereocenters. The molecule has 0 saturated carbocycles. The summed E-state index contributed by atoms with van der Waals surface area (Å²) in [7, 11) is -3.42. The summed E-state index contributed by atoms with van der Waals surface area (Å²) in [5, 5.41) is 0.874. The number of sulfonamides is 1. The Hall–Kier alpha value is -0.630. The van der Waals surface area contributed by atoms with Crippen molar-refractivity contribution in [2.24, 2.45) is 0 Å². The molecule has 7 heteroatoms. The average Bonchev–Trinajstić information content (AvgIpc) is 2.49. The van der Waals surface area contributed by atoms with Crippen LogP contribution in [0.15, 0.2) is 28.3 Å². The van der Waals surface area contributed by atoms with E-state index in [0.29, 0.717) is 26.3 Å². The summed E-state index contributed by atoms with van der Waals surface area (Å²) in [5.74, 6) is 1.01. The molecule has 0 amide bonds. The molecule has 112 valence electrons. The second-order valence-electron chi connectivity index (χ2n) is 4.55. The van der Waals surface area contributed by atoms with Gasteiger partial charge in [0.1, 0.15) is 4.90 Å². The first-order chi connectivity index (χ1) is 9.64. The van der Waals surface area contributed by atoms with Crippen LogP contribution < -0.4 is 0 Å². The van der Waals surface area contributed by atoms with Gasteiger partial charge in [-0.2, -0.15) is 4.31 Å². The number of aromatic nitrogens is 1. The average molecular weight is 316 g/mol. The van der Waals surface area contributed by atoms with Gasteiger partial charge in [0.05, 0.1) is 18.2 Å². The highest BCUT2D eigenvalue weighted by Gasteiger charge is 2.26. The molecule has 0 aromatic carbocycles. The first-order valence-corrected chi connectivity index (χ1v) is 9.24. The van der Waals surface area contributed by atoms with Gasteiger partial charge in [0.25, 0.3) is 0 Å². The molecule has 0 spiro atoms. The van der Waals surface area contributed by atoms with Crippen LogP contribution in [0.4, 0.5) is 0 Å². The van der Waals surface area contributed by atoms with Crippen LogP contribution >= 0.6 is 11.8 Å². The molecule has 0 N–H and O–H groups in total. The number of ether oxygens (including phenoxy) is 1. The maximum atomic E-state index is 12.4. The SMILES string of the molecule is CCCCSc1ccc(S(=O)(=O)N2CCOCC2)cn1. The summed E-state index contributed by atoms with van der Waals surface area (Å²) in [5.41, 5.74) is 0. The van der Waals surface area contributed by atoms with E-state index in [1.54, 1.807) is 23.9 Å². The molecule has 1 saturated heterocycles. The number of unbranched alkanes of at least 4 members (excludes halogenated alkanes) is 1. The van der Waals surface area contributed by atoms with E-state index in [0.717, 1.165) is 23.6 Å². The monoisotopic (exact) mass is 316 g/mol. The lowest BCUT2D eigenvalue weighted by atomic mass is 10.4. The number of nitrogens with zero attached hydrogens (tertiary/aromatic N) is 2. The molecule has 0 radical (unpaired) electrons. The largest absolute Gasteiger partial charge is 0.379 e. The van der Waals surface area contributed by atoms with Gasteiger partial charge in [0.15, 0.2) is 0 Å². The van der Waals surface area contributed by atoms with Gasteiger partial charge in [-0.3, -0.25) is 0 Å². The predicted octanol–water partition coefficient (Wildman–Crippen LogP) is 1.99. The van der Waals surface area contributed by atoms with Gasteiger partial charge in [-0.05, 0) is 24.3 Å². The van der Waals surface area contributed by atoms with Crippen LogP contribution in [0.2, 0.25) is 0 Å². The minimum absolute atomic E-state index is 0.263. The van der Waals surface area contributed by atoms with Gasteiger partial charge in [0.2, 0.25) is 10.0 Å². The van der Waals surface area contributed by atoms with E-state index in [4.69, 9.17) is 4.74 Å². The normalized spacial score (nSPS) is 17.2. The molecule has 20 heavy (non-hydrogen) atoms. The fourth-order valence-electron chi connectivity index (χ4n) is 1.86. The van der Waals surface area contributed by atoms with Crippen molar-refractivity contribution >= 4 is 21.8 Å². The van der Waals surface area contributed by atoms with Gasteiger partial charge in [-0.15, -0.1) is 11.8 Å². The van der Waals surface area contributed by atoms with Crippen LogP contribution in [0.1, 0.15) is 19.8 Å². The molecule has 2 heterocycles. The van der Waals surface area contributed by atoms with Crippen molar-refractivity contribution in [2.75, 3.05) is 32.1 Å². The van der Waals surface area contributed by atoms with Crippen LogP contribution in [0.3, 0.4) is 0 Å². The molecule has 2 rings (SSSR count). The molecule has 0 bridgehead atoms. The van der Waals surface area contributed by atoms with E-state index < -0.39 is 10.0 Å². The molecule has 1 aliphatic heterocycles. The van der Waals surface area contributed by atoms with Gasteiger partial charge in [-0.1, -0.05) is 13.3 Å². The van der Waals surface area contributed by atoms with Crippen molar-refractivity contribution in [3.63, 3.8) is 0 Å². The third-order valence-corrected chi connectivity index (χ3v) is 5.98. The standard InChI is InChI=1S/C13H20N2O3S2/c1-2-3-10-19-13-5-4-12(11-14-13)20(16,17)15-6-8-18-9-7-15/h4-5,11H,2-3,6-10H2,1H3. The summed E-state index contributed by atoms with van der Waals surface area (Å²) in [4.78, 5) is 4.50.